The molecule has 28 heavy (non-hydrogen) atoms. The highest BCUT2D eigenvalue weighted by atomic mass is 32.2. The molecule has 0 aliphatic carbocycles. The number of benzene rings is 1. The number of nitrogens with one attached hydrogen (secondary N) is 1. The molecule has 0 saturated heterocycles. The van der Waals surface area contributed by atoms with Gasteiger partial charge in [-0.25, -0.2) is 0 Å². The van der Waals surface area contributed by atoms with Crippen LogP contribution in [0, 0.1) is 6.92 Å². The number of nitrogens with zero attached hydrogens (tertiary/aromatic N) is 3. The minimum atomic E-state index is -0.506. The molecule has 2 amide bonds. The topological polar surface area (TPSA) is 112 Å². The highest BCUT2D eigenvalue weighted by molar-refractivity contribution is 7.99. The van der Waals surface area contributed by atoms with Gasteiger partial charge in [-0.3, -0.25) is 14.2 Å². The zero-order chi connectivity index (χ0) is 20.1. The van der Waals surface area contributed by atoms with E-state index in [4.69, 9.17) is 10.5 Å². The van der Waals surface area contributed by atoms with Gasteiger partial charge in [0.2, 0.25) is 11.8 Å². The van der Waals surface area contributed by atoms with E-state index in [1.165, 1.54) is 23.1 Å². The summed E-state index contributed by atoms with van der Waals surface area (Å²) < 4.78 is 6.90. The third kappa shape index (κ3) is 4.70. The van der Waals surface area contributed by atoms with Gasteiger partial charge in [0.25, 0.3) is 0 Å². The van der Waals surface area contributed by atoms with E-state index in [1.807, 2.05) is 36.6 Å². The van der Waals surface area contributed by atoms with E-state index in [0.717, 1.165) is 10.4 Å². The minimum absolute atomic E-state index is 0.0596. The molecule has 0 bridgehead atoms. The number of primary amides is 1. The molecule has 0 saturated carbocycles. The van der Waals surface area contributed by atoms with E-state index in [-0.39, 0.29) is 18.2 Å². The van der Waals surface area contributed by atoms with Crippen molar-refractivity contribution in [3.05, 3.63) is 41.3 Å². The third-order valence-corrected chi connectivity index (χ3v) is 5.57. The Balaban J connectivity index is 1.73. The highest BCUT2D eigenvalue weighted by Crippen LogP contribution is 2.28. The average molecular weight is 418 g/mol. The van der Waals surface area contributed by atoms with Gasteiger partial charge in [0.1, 0.15) is 12.3 Å². The standard InChI is InChI=1S/C18H19N5O3S2/c1-11-5-6-13(26-2)12(8-11)20-16(25)10-28-18-22-21-17(14-4-3-7-27-14)23(18)9-15(19)24/h3-8H,9-10H2,1-2H3,(H2,19,24)(H,20,25). The van der Waals surface area contributed by atoms with Crippen LogP contribution in [0.15, 0.2) is 40.9 Å². The molecule has 2 aromatic heterocycles. The minimum Gasteiger partial charge on any atom is -0.495 e. The first-order chi connectivity index (χ1) is 13.5. The van der Waals surface area contributed by atoms with Crippen LogP contribution in [0.25, 0.3) is 10.7 Å². The molecule has 0 radical (unpaired) electrons. The van der Waals surface area contributed by atoms with Crippen molar-refractivity contribution < 1.29 is 14.3 Å². The van der Waals surface area contributed by atoms with Gasteiger partial charge in [0, 0.05) is 0 Å². The molecule has 1 aromatic carbocycles. The van der Waals surface area contributed by atoms with Crippen molar-refractivity contribution in [1.82, 2.24) is 14.8 Å². The van der Waals surface area contributed by atoms with Gasteiger partial charge in [-0.15, -0.1) is 21.5 Å². The number of aromatic nitrogens is 3. The van der Waals surface area contributed by atoms with Crippen molar-refractivity contribution in [1.29, 1.82) is 0 Å². The second kappa shape index (κ2) is 8.89. The van der Waals surface area contributed by atoms with Crippen LogP contribution in [0.3, 0.4) is 0 Å². The fourth-order valence-electron chi connectivity index (χ4n) is 2.52. The Bertz CT molecular complexity index is 985. The van der Waals surface area contributed by atoms with Crippen LogP contribution in [0.5, 0.6) is 5.75 Å². The van der Waals surface area contributed by atoms with Crippen molar-refractivity contribution in [3.8, 4) is 16.5 Å². The normalized spacial score (nSPS) is 10.6. The molecule has 3 aromatic rings. The van der Waals surface area contributed by atoms with Gasteiger partial charge in [-0.1, -0.05) is 23.9 Å². The summed E-state index contributed by atoms with van der Waals surface area (Å²) in [7, 11) is 1.55. The van der Waals surface area contributed by atoms with Crippen molar-refractivity contribution in [2.24, 2.45) is 5.73 Å². The Morgan fingerprint density at radius 1 is 1.32 bits per heavy atom. The predicted molar refractivity (Wildman–Crippen MR) is 110 cm³/mol. The SMILES string of the molecule is COc1ccc(C)cc1NC(=O)CSc1nnc(-c2cccs2)n1CC(N)=O. The first-order valence-electron chi connectivity index (χ1n) is 8.30. The number of ether oxygens (including phenoxy) is 1. The van der Waals surface area contributed by atoms with Crippen LogP contribution in [0.2, 0.25) is 0 Å². The van der Waals surface area contributed by atoms with Crippen molar-refractivity contribution in [3.63, 3.8) is 0 Å². The molecule has 0 aliphatic heterocycles. The summed E-state index contributed by atoms with van der Waals surface area (Å²) in [6.07, 6.45) is 0. The molecule has 3 rings (SSSR count). The summed E-state index contributed by atoms with van der Waals surface area (Å²) in [4.78, 5) is 24.7. The smallest absolute Gasteiger partial charge is 0.237 e. The third-order valence-electron chi connectivity index (χ3n) is 3.73. The van der Waals surface area contributed by atoms with Gasteiger partial charge in [0.15, 0.2) is 11.0 Å². The lowest BCUT2D eigenvalue weighted by atomic mass is 10.2. The maximum atomic E-state index is 12.4. The van der Waals surface area contributed by atoms with Gasteiger partial charge >= 0.3 is 0 Å². The first-order valence-corrected chi connectivity index (χ1v) is 10.2. The number of rotatable bonds is 8. The summed E-state index contributed by atoms with van der Waals surface area (Å²) in [5.41, 5.74) is 6.97. The summed E-state index contributed by atoms with van der Waals surface area (Å²) in [6.45, 7) is 1.87. The summed E-state index contributed by atoms with van der Waals surface area (Å²) in [5, 5.41) is 13.5. The van der Waals surface area contributed by atoms with Gasteiger partial charge in [-0.2, -0.15) is 0 Å². The van der Waals surface area contributed by atoms with E-state index in [0.29, 0.717) is 22.4 Å². The largest absolute Gasteiger partial charge is 0.495 e. The number of anilines is 1. The summed E-state index contributed by atoms with van der Waals surface area (Å²) >= 11 is 2.67. The lowest BCUT2D eigenvalue weighted by molar-refractivity contribution is -0.118. The number of methoxy groups -OCH3 is 1. The molecule has 0 spiro atoms. The van der Waals surface area contributed by atoms with Crippen molar-refractivity contribution in [2.75, 3.05) is 18.2 Å². The molecular weight excluding hydrogens is 398 g/mol. The molecular formula is C18H19N5O3S2. The average Bonchev–Trinajstić information content (AvgIpc) is 3.29. The molecule has 8 nitrogen and oxygen atoms in total. The van der Waals surface area contributed by atoms with Crippen molar-refractivity contribution >= 4 is 40.6 Å². The zero-order valence-electron chi connectivity index (χ0n) is 15.3. The van der Waals surface area contributed by atoms with Crippen LogP contribution < -0.4 is 15.8 Å². The Morgan fingerprint density at radius 3 is 2.82 bits per heavy atom. The lowest BCUT2D eigenvalue weighted by Crippen LogP contribution is -2.20. The van der Waals surface area contributed by atoms with Crippen LogP contribution >= 0.6 is 23.1 Å². The molecule has 0 fully saturated rings. The van der Waals surface area contributed by atoms with E-state index in [9.17, 15) is 9.59 Å². The van der Waals surface area contributed by atoms with Gasteiger partial charge in [0.05, 0.1) is 23.4 Å². The Hall–Kier alpha value is -2.85. The summed E-state index contributed by atoms with van der Waals surface area (Å²) in [5.74, 6) is 0.504. The Morgan fingerprint density at radius 2 is 2.14 bits per heavy atom. The first kappa shape index (κ1) is 19.9. The zero-order valence-corrected chi connectivity index (χ0v) is 17.0. The van der Waals surface area contributed by atoms with Crippen LogP contribution in [-0.2, 0) is 16.1 Å². The second-order valence-corrected chi connectivity index (χ2v) is 7.77. The second-order valence-electron chi connectivity index (χ2n) is 5.88. The molecule has 10 heteroatoms. The van der Waals surface area contributed by atoms with Crippen LogP contribution in [0.4, 0.5) is 5.69 Å². The maximum absolute atomic E-state index is 12.4. The number of carbonyl (C=O) groups excluding carboxylic acids is 2. The summed E-state index contributed by atoms with van der Waals surface area (Å²) in [6, 6.07) is 9.32. The van der Waals surface area contributed by atoms with Crippen LogP contribution in [0.1, 0.15) is 5.56 Å². The number of thioether (sulfide) groups is 1. The van der Waals surface area contributed by atoms with E-state index in [1.54, 1.807) is 17.7 Å². The number of hydrogen-bond acceptors (Lipinski definition) is 7. The van der Waals surface area contributed by atoms with Gasteiger partial charge in [-0.05, 0) is 36.1 Å². The molecule has 146 valence electrons. The number of nitrogens with two attached hydrogens (primary N) is 1. The number of amides is 2. The molecule has 2 heterocycles. The van der Waals surface area contributed by atoms with Crippen LogP contribution in [-0.4, -0.2) is 39.4 Å². The number of carbonyl (C=O) groups is 2. The fraction of sp³-hybridized carbons (Fsp3) is 0.222. The predicted octanol–water partition coefficient (Wildman–Crippen LogP) is 2.54. The lowest BCUT2D eigenvalue weighted by Gasteiger charge is -2.11. The highest BCUT2D eigenvalue weighted by Gasteiger charge is 2.18. The van der Waals surface area contributed by atoms with E-state index in [2.05, 4.69) is 15.5 Å². The molecule has 0 atom stereocenters. The van der Waals surface area contributed by atoms with Crippen molar-refractivity contribution in [2.45, 2.75) is 18.6 Å². The molecule has 0 aliphatic rings. The monoisotopic (exact) mass is 417 g/mol. The Kier molecular flexibility index (Phi) is 6.32. The number of hydrogen-bond donors (Lipinski definition) is 2. The van der Waals surface area contributed by atoms with Gasteiger partial charge < -0.3 is 15.8 Å². The molecule has 0 unspecified atom stereocenters. The molecule has 3 N–H and O–H groups in total. The Labute approximate surface area is 170 Å². The van der Waals surface area contributed by atoms with E-state index < -0.39 is 5.91 Å². The maximum Gasteiger partial charge on any atom is 0.237 e. The number of aryl methyl sites for hydroxylation is 1. The fourth-order valence-corrected chi connectivity index (χ4v) is 3.97. The quantitative estimate of drug-likeness (QED) is 0.545. The number of thiophene rings is 1. The van der Waals surface area contributed by atoms with E-state index >= 15 is 0 Å².